The van der Waals surface area contributed by atoms with Gasteiger partial charge in [0.25, 0.3) is 5.89 Å². The van der Waals surface area contributed by atoms with Gasteiger partial charge < -0.3 is 9.42 Å². The lowest BCUT2D eigenvalue weighted by molar-refractivity contribution is -0.120. The van der Waals surface area contributed by atoms with Crippen molar-refractivity contribution in [1.82, 2.24) is 19.9 Å². The molecule has 0 unspecified atom stereocenters. The van der Waals surface area contributed by atoms with E-state index in [0.29, 0.717) is 24.8 Å². The fourth-order valence-corrected chi connectivity index (χ4v) is 4.63. The van der Waals surface area contributed by atoms with Crippen LogP contribution in [0.1, 0.15) is 11.4 Å². The number of thiophene rings is 1. The van der Waals surface area contributed by atoms with Gasteiger partial charge in [-0.2, -0.15) is 16.3 Å². The van der Waals surface area contributed by atoms with Crippen molar-refractivity contribution in [2.75, 3.05) is 44.2 Å². The van der Waals surface area contributed by atoms with Crippen LogP contribution in [0.15, 0.2) is 45.6 Å². The molecule has 0 spiro atoms. The van der Waals surface area contributed by atoms with Crippen LogP contribution in [-0.4, -0.2) is 65.1 Å². The zero-order valence-corrected chi connectivity index (χ0v) is 17.0. The summed E-state index contributed by atoms with van der Waals surface area (Å²) in [5.41, 5.74) is 3.32. The molecule has 2 aliphatic heterocycles. The van der Waals surface area contributed by atoms with Crippen molar-refractivity contribution in [2.45, 2.75) is 13.0 Å². The summed E-state index contributed by atoms with van der Waals surface area (Å²) in [6.07, 6.45) is 0.952. The molecule has 7 nitrogen and oxygen atoms in total. The van der Waals surface area contributed by atoms with Gasteiger partial charge in [-0.1, -0.05) is 23.4 Å². The third-order valence-electron chi connectivity index (χ3n) is 5.61. The number of piperazine rings is 1. The maximum absolute atomic E-state index is 12.8. The molecule has 8 heteroatoms. The molecule has 1 aromatic carbocycles. The highest BCUT2D eigenvalue weighted by Crippen LogP contribution is 2.27. The molecule has 1 fully saturated rings. The molecular weight excluding hydrogens is 386 g/mol. The monoisotopic (exact) mass is 409 g/mol. The first-order valence-electron chi connectivity index (χ1n) is 9.94. The minimum atomic E-state index is 0.196. The Kier molecular flexibility index (Phi) is 5.13. The summed E-state index contributed by atoms with van der Waals surface area (Å²) in [4.78, 5) is 23.8. The van der Waals surface area contributed by atoms with Crippen LogP contribution in [0.2, 0.25) is 0 Å². The zero-order valence-electron chi connectivity index (χ0n) is 16.2. The van der Waals surface area contributed by atoms with E-state index in [0.717, 1.165) is 50.4 Å². The summed E-state index contributed by atoms with van der Waals surface area (Å²) in [5, 5.41) is 8.12. The van der Waals surface area contributed by atoms with Gasteiger partial charge in [0.2, 0.25) is 5.91 Å². The first kappa shape index (κ1) is 18.5. The number of carbonyl (C=O) groups is 1. The van der Waals surface area contributed by atoms with Crippen molar-refractivity contribution in [3.05, 3.63) is 52.5 Å². The summed E-state index contributed by atoms with van der Waals surface area (Å²) in [6, 6.07) is 10.2. The van der Waals surface area contributed by atoms with Crippen molar-refractivity contribution < 1.29 is 9.32 Å². The lowest BCUT2D eigenvalue weighted by atomic mass is 10.2. The summed E-state index contributed by atoms with van der Waals surface area (Å²) in [6.45, 7) is 5.48. The average Bonchev–Trinajstić information content (AvgIpc) is 3.50. The predicted octanol–water partition coefficient (Wildman–Crippen LogP) is 2.51. The zero-order chi connectivity index (χ0) is 19.6. The maximum Gasteiger partial charge on any atom is 0.258 e. The second-order valence-electron chi connectivity index (χ2n) is 7.50. The first-order chi connectivity index (χ1) is 14.3. The Hall–Kier alpha value is -2.55. The number of para-hydroxylation sites is 1. The lowest BCUT2D eigenvalue weighted by Crippen LogP contribution is -2.49. The Bertz CT molecular complexity index is 979. The number of fused-ring (bicyclic) bond motifs is 1. The molecule has 0 aliphatic carbocycles. The normalized spacial score (nSPS) is 17.6. The van der Waals surface area contributed by atoms with Crippen molar-refractivity contribution in [3.8, 4) is 11.5 Å². The molecular formula is C21H23N5O2S. The number of hydrogen-bond donors (Lipinski definition) is 0. The summed E-state index contributed by atoms with van der Waals surface area (Å²) in [5.74, 6) is 1.49. The van der Waals surface area contributed by atoms with E-state index in [4.69, 9.17) is 4.52 Å². The fourth-order valence-electron chi connectivity index (χ4n) is 4.00. The molecule has 1 amide bonds. The molecule has 3 aromatic rings. The van der Waals surface area contributed by atoms with Gasteiger partial charge in [0.05, 0.1) is 18.7 Å². The van der Waals surface area contributed by atoms with E-state index in [-0.39, 0.29) is 5.91 Å². The van der Waals surface area contributed by atoms with E-state index in [1.165, 1.54) is 5.56 Å². The lowest BCUT2D eigenvalue weighted by Gasteiger charge is -2.34. The quantitative estimate of drug-likeness (QED) is 0.645. The van der Waals surface area contributed by atoms with E-state index in [2.05, 4.69) is 26.0 Å². The minimum Gasteiger partial charge on any atom is -0.334 e. The number of nitrogens with zero attached hydrogens (tertiary/aromatic N) is 5. The van der Waals surface area contributed by atoms with Gasteiger partial charge in [0.15, 0.2) is 5.82 Å². The third kappa shape index (κ3) is 3.96. The van der Waals surface area contributed by atoms with Crippen molar-refractivity contribution in [1.29, 1.82) is 0 Å². The molecule has 0 bridgehead atoms. The molecule has 2 aliphatic rings. The van der Waals surface area contributed by atoms with E-state index in [9.17, 15) is 4.79 Å². The predicted molar refractivity (Wildman–Crippen MR) is 112 cm³/mol. The molecule has 0 radical (unpaired) electrons. The molecule has 150 valence electrons. The number of anilines is 1. The Morgan fingerprint density at radius 3 is 2.72 bits per heavy atom. The van der Waals surface area contributed by atoms with Gasteiger partial charge in [0, 0.05) is 43.8 Å². The van der Waals surface area contributed by atoms with Crippen LogP contribution in [0.3, 0.4) is 0 Å². The van der Waals surface area contributed by atoms with Gasteiger partial charge >= 0.3 is 0 Å². The Morgan fingerprint density at radius 2 is 1.90 bits per heavy atom. The SMILES string of the molecule is O=C(CN1CCN(Cc2noc(-c3ccsc3)n2)CC1)N1CCc2ccccc21. The fraction of sp³-hybridized carbons (Fsp3) is 0.381. The molecule has 1 saturated heterocycles. The number of benzene rings is 1. The second-order valence-corrected chi connectivity index (χ2v) is 8.28. The highest BCUT2D eigenvalue weighted by molar-refractivity contribution is 7.08. The molecule has 29 heavy (non-hydrogen) atoms. The average molecular weight is 410 g/mol. The van der Waals surface area contributed by atoms with Crippen LogP contribution in [0.4, 0.5) is 5.69 Å². The van der Waals surface area contributed by atoms with Crippen LogP contribution in [0, 0.1) is 0 Å². The minimum absolute atomic E-state index is 0.196. The second kappa shape index (κ2) is 8.06. The first-order valence-corrected chi connectivity index (χ1v) is 10.9. The van der Waals surface area contributed by atoms with E-state index in [1.807, 2.05) is 39.9 Å². The van der Waals surface area contributed by atoms with E-state index in [1.54, 1.807) is 11.3 Å². The molecule has 2 aromatic heterocycles. The smallest absolute Gasteiger partial charge is 0.258 e. The van der Waals surface area contributed by atoms with Crippen molar-refractivity contribution >= 4 is 22.9 Å². The van der Waals surface area contributed by atoms with Gasteiger partial charge in [-0.15, -0.1) is 0 Å². The Morgan fingerprint density at radius 1 is 1.07 bits per heavy atom. The molecule has 0 atom stereocenters. The van der Waals surface area contributed by atoms with Gasteiger partial charge in [-0.3, -0.25) is 14.6 Å². The van der Waals surface area contributed by atoms with Crippen LogP contribution < -0.4 is 4.90 Å². The van der Waals surface area contributed by atoms with Gasteiger partial charge in [-0.05, 0) is 29.5 Å². The molecule has 4 heterocycles. The molecule has 5 rings (SSSR count). The summed E-state index contributed by atoms with van der Waals surface area (Å²) in [7, 11) is 0. The van der Waals surface area contributed by atoms with Crippen LogP contribution in [0.5, 0.6) is 0 Å². The Balaban J connectivity index is 1.12. The van der Waals surface area contributed by atoms with Gasteiger partial charge in [0.1, 0.15) is 0 Å². The van der Waals surface area contributed by atoms with E-state index >= 15 is 0 Å². The number of carbonyl (C=O) groups excluding carboxylic acids is 1. The standard InChI is InChI=1S/C21H23N5O2S/c27-20(26-7-5-16-3-1-2-4-18(16)26)14-25-10-8-24(9-11-25)13-19-22-21(28-23-19)17-6-12-29-15-17/h1-4,6,12,15H,5,7-11,13-14H2. The highest BCUT2D eigenvalue weighted by atomic mass is 32.1. The van der Waals surface area contributed by atoms with Crippen molar-refractivity contribution in [2.24, 2.45) is 0 Å². The topological polar surface area (TPSA) is 65.7 Å². The summed E-state index contributed by atoms with van der Waals surface area (Å²) < 4.78 is 5.37. The number of aromatic nitrogens is 2. The maximum atomic E-state index is 12.8. The number of amides is 1. The molecule has 0 saturated carbocycles. The van der Waals surface area contributed by atoms with Crippen LogP contribution in [-0.2, 0) is 17.8 Å². The number of hydrogen-bond acceptors (Lipinski definition) is 7. The van der Waals surface area contributed by atoms with Crippen LogP contribution >= 0.6 is 11.3 Å². The van der Waals surface area contributed by atoms with Crippen molar-refractivity contribution in [3.63, 3.8) is 0 Å². The largest absolute Gasteiger partial charge is 0.334 e. The van der Waals surface area contributed by atoms with Gasteiger partial charge in [-0.25, -0.2) is 0 Å². The summed E-state index contributed by atoms with van der Waals surface area (Å²) >= 11 is 1.61. The Labute approximate surface area is 173 Å². The number of rotatable bonds is 5. The third-order valence-corrected chi connectivity index (χ3v) is 6.30. The molecule has 0 N–H and O–H groups in total. The van der Waals surface area contributed by atoms with E-state index < -0.39 is 0 Å². The van der Waals surface area contributed by atoms with Crippen LogP contribution in [0.25, 0.3) is 11.5 Å². The highest BCUT2D eigenvalue weighted by Gasteiger charge is 2.27.